The van der Waals surface area contributed by atoms with Gasteiger partial charge in [0.05, 0.1) is 31.1 Å². The van der Waals surface area contributed by atoms with E-state index in [-0.39, 0.29) is 18.2 Å². The maximum Gasteiger partial charge on any atom is 0.262 e. The van der Waals surface area contributed by atoms with E-state index in [1.807, 2.05) is 50.2 Å². The molecule has 2 aromatic heterocycles. The first kappa shape index (κ1) is 23.2. The highest BCUT2D eigenvalue weighted by atomic mass is 32.1. The molecule has 0 saturated carbocycles. The van der Waals surface area contributed by atoms with Crippen molar-refractivity contribution >= 4 is 33.7 Å². The maximum absolute atomic E-state index is 12.9. The zero-order chi connectivity index (χ0) is 24.1. The van der Waals surface area contributed by atoms with Crippen molar-refractivity contribution in [1.82, 2.24) is 15.0 Å². The van der Waals surface area contributed by atoms with E-state index in [1.165, 1.54) is 28.4 Å². The van der Waals surface area contributed by atoms with Gasteiger partial charge in [0.25, 0.3) is 11.5 Å². The van der Waals surface area contributed by atoms with E-state index < -0.39 is 5.91 Å². The number of carbonyl (C=O) groups is 1. The summed E-state index contributed by atoms with van der Waals surface area (Å²) in [5.74, 6) is 0.759. The summed E-state index contributed by atoms with van der Waals surface area (Å²) in [6.07, 6.45) is 2.90. The van der Waals surface area contributed by atoms with Gasteiger partial charge >= 0.3 is 0 Å². The summed E-state index contributed by atoms with van der Waals surface area (Å²) in [7, 11) is 1.56. The van der Waals surface area contributed by atoms with E-state index in [2.05, 4.69) is 15.5 Å². The quantitative estimate of drug-likeness (QED) is 0.306. The van der Waals surface area contributed by atoms with Gasteiger partial charge < -0.3 is 9.47 Å². The van der Waals surface area contributed by atoms with Crippen molar-refractivity contribution in [3.63, 3.8) is 0 Å². The molecule has 0 aliphatic rings. The number of thiophene rings is 1. The van der Waals surface area contributed by atoms with Crippen LogP contribution in [0.5, 0.6) is 11.5 Å². The topological polar surface area (TPSA) is 94.8 Å². The molecule has 34 heavy (non-hydrogen) atoms. The van der Waals surface area contributed by atoms with Crippen LogP contribution >= 0.6 is 11.3 Å². The van der Waals surface area contributed by atoms with E-state index in [1.54, 1.807) is 25.3 Å². The molecule has 2 aromatic carbocycles. The third-order valence-corrected chi connectivity index (χ3v) is 5.94. The molecule has 0 unspecified atom stereocenters. The van der Waals surface area contributed by atoms with Crippen molar-refractivity contribution in [3.05, 3.63) is 76.8 Å². The van der Waals surface area contributed by atoms with Crippen LogP contribution in [-0.2, 0) is 11.3 Å². The molecule has 0 saturated heterocycles. The molecular formula is C25H24N4O4S. The normalized spacial score (nSPS) is 11.3. The second-order valence-electron chi connectivity index (χ2n) is 7.74. The molecule has 0 aliphatic heterocycles. The highest BCUT2D eigenvalue weighted by Gasteiger charge is 2.12. The predicted octanol–water partition coefficient (Wildman–Crippen LogP) is 4.07. The number of benzene rings is 2. The first-order valence-electron chi connectivity index (χ1n) is 10.7. The smallest absolute Gasteiger partial charge is 0.262 e. The van der Waals surface area contributed by atoms with Gasteiger partial charge in [0.1, 0.15) is 11.4 Å². The second kappa shape index (κ2) is 10.3. The third-order valence-electron chi connectivity index (χ3n) is 4.84. The standard InChI is InChI=1S/C25H24N4O4S/c1-16(2)33-20-10-9-17(11-21(20)32-3)13-27-28-23(30)14-29-15-26-24-19(25(29)31)12-22(34-24)18-7-5-4-6-8-18/h4-13,15-16H,14H2,1-3H3,(H,28,30)/b27-13-. The second-order valence-corrected chi connectivity index (χ2v) is 8.77. The summed E-state index contributed by atoms with van der Waals surface area (Å²) in [6.45, 7) is 3.67. The lowest BCUT2D eigenvalue weighted by Gasteiger charge is -2.13. The van der Waals surface area contributed by atoms with E-state index in [0.29, 0.717) is 21.7 Å². The Morgan fingerprint density at radius 1 is 1.18 bits per heavy atom. The molecule has 1 N–H and O–H groups in total. The van der Waals surface area contributed by atoms with Crippen LogP contribution in [0.2, 0.25) is 0 Å². The molecule has 4 rings (SSSR count). The molecular weight excluding hydrogens is 452 g/mol. The summed E-state index contributed by atoms with van der Waals surface area (Å²) in [5, 5.41) is 4.47. The average molecular weight is 477 g/mol. The van der Waals surface area contributed by atoms with Crippen molar-refractivity contribution in [2.24, 2.45) is 5.10 Å². The molecule has 0 spiro atoms. The minimum atomic E-state index is -0.440. The number of hydrogen-bond donors (Lipinski definition) is 1. The van der Waals surface area contributed by atoms with Crippen LogP contribution < -0.4 is 20.5 Å². The van der Waals surface area contributed by atoms with Crippen molar-refractivity contribution in [2.75, 3.05) is 7.11 Å². The van der Waals surface area contributed by atoms with Gasteiger partial charge in [-0.1, -0.05) is 30.3 Å². The fourth-order valence-corrected chi connectivity index (χ4v) is 4.30. The molecule has 4 aromatic rings. The van der Waals surface area contributed by atoms with Gasteiger partial charge in [-0.15, -0.1) is 11.3 Å². The van der Waals surface area contributed by atoms with Crippen LogP contribution in [0.3, 0.4) is 0 Å². The first-order valence-corrected chi connectivity index (χ1v) is 11.5. The van der Waals surface area contributed by atoms with E-state index in [4.69, 9.17) is 9.47 Å². The number of hydrazone groups is 1. The number of ether oxygens (including phenoxy) is 2. The molecule has 0 atom stereocenters. The summed E-state index contributed by atoms with van der Waals surface area (Å²) >= 11 is 1.44. The van der Waals surface area contributed by atoms with Crippen molar-refractivity contribution in [3.8, 4) is 21.9 Å². The van der Waals surface area contributed by atoms with Gasteiger partial charge in [0, 0.05) is 4.88 Å². The minimum absolute atomic E-state index is 0.0174. The van der Waals surface area contributed by atoms with Crippen molar-refractivity contribution < 1.29 is 14.3 Å². The number of fused-ring (bicyclic) bond motifs is 1. The Morgan fingerprint density at radius 3 is 2.71 bits per heavy atom. The average Bonchev–Trinajstić information content (AvgIpc) is 3.27. The third kappa shape index (κ3) is 5.32. The van der Waals surface area contributed by atoms with Crippen LogP contribution in [0.1, 0.15) is 19.4 Å². The molecule has 8 nitrogen and oxygen atoms in total. The van der Waals surface area contributed by atoms with Crippen molar-refractivity contribution in [2.45, 2.75) is 26.5 Å². The first-order chi connectivity index (χ1) is 16.4. The van der Waals surface area contributed by atoms with Crippen LogP contribution in [0.4, 0.5) is 0 Å². The molecule has 174 valence electrons. The summed E-state index contributed by atoms with van der Waals surface area (Å²) in [5.41, 5.74) is 3.91. The van der Waals surface area contributed by atoms with Gasteiger partial charge in [-0.3, -0.25) is 14.2 Å². The number of nitrogens with one attached hydrogen (secondary N) is 1. The van der Waals surface area contributed by atoms with Crippen LogP contribution in [0.15, 0.2) is 70.8 Å². The SMILES string of the molecule is COc1cc(/C=N\NC(=O)Cn2cnc3sc(-c4ccccc4)cc3c2=O)ccc1OC(C)C. The molecule has 9 heteroatoms. The molecule has 2 heterocycles. The Bertz CT molecular complexity index is 1390. The van der Waals surface area contributed by atoms with E-state index in [0.717, 1.165) is 16.0 Å². The highest BCUT2D eigenvalue weighted by Crippen LogP contribution is 2.30. The van der Waals surface area contributed by atoms with Gasteiger partial charge in [-0.2, -0.15) is 5.10 Å². The monoisotopic (exact) mass is 476 g/mol. The lowest BCUT2D eigenvalue weighted by Crippen LogP contribution is -2.29. The molecule has 0 radical (unpaired) electrons. The largest absolute Gasteiger partial charge is 0.493 e. The van der Waals surface area contributed by atoms with Crippen molar-refractivity contribution in [1.29, 1.82) is 0 Å². The summed E-state index contributed by atoms with van der Waals surface area (Å²) in [4.78, 5) is 31.2. The van der Waals surface area contributed by atoms with Crippen LogP contribution in [0.25, 0.3) is 20.7 Å². The Kier molecular flexibility index (Phi) is 7.03. The number of rotatable bonds is 8. The fourth-order valence-electron chi connectivity index (χ4n) is 3.30. The van der Waals surface area contributed by atoms with Gasteiger partial charge in [-0.05, 0) is 49.2 Å². The fraction of sp³-hybridized carbons (Fsp3) is 0.200. The Balaban J connectivity index is 1.44. The number of aromatic nitrogens is 2. The van der Waals surface area contributed by atoms with E-state index in [9.17, 15) is 9.59 Å². The zero-order valence-corrected chi connectivity index (χ0v) is 19.8. The number of hydrogen-bond acceptors (Lipinski definition) is 7. The Labute approximate surface area is 200 Å². The van der Waals surface area contributed by atoms with E-state index >= 15 is 0 Å². The van der Waals surface area contributed by atoms with Crippen LogP contribution in [0, 0.1) is 0 Å². The highest BCUT2D eigenvalue weighted by molar-refractivity contribution is 7.21. The zero-order valence-electron chi connectivity index (χ0n) is 19.0. The number of amides is 1. The molecule has 1 amide bonds. The molecule has 0 fully saturated rings. The molecule has 0 bridgehead atoms. The Morgan fingerprint density at radius 2 is 1.97 bits per heavy atom. The number of methoxy groups -OCH3 is 1. The lowest BCUT2D eigenvalue weighted by atomic mass is 10.2. The summed E-state index contributed by atoms with van der Waals surface area (Å²) in [6, 6.07) is 17.0. The number of carbonyl (C=O) groups excluding carboxylic acids is 1. The van der Waals surface area contributed by atoms with Gasteiger partial charge in [0.2, 0.25) is 0 Å². The van der Waals surface area contributed by atoms with Gasteiger partial charge in [-0.25, -0.2) is 10.4 Å². The number of nitrogens with zero attached hydrogens (tertiary/aromatic N) is 3. The van der Waals surface area contributed by atoms with Gasteiger partial charge in [0.15, 0.2) is 11.5 Å². The maximum atomic E-state index is 12.9. The minimum Gasteiger partial charge on any atom is -0.493 e. The predicted molar refractivity (Wildman–Crippen MR) is 134 cm³/mol. The molecule has 0 aliphatic carbocycles. The lowest BCUT2D eigenvalue weighted by molar-refractivity contribution is -0.121. The Hall–Kier alpha value is -3.98. The summed E-state index contributed by atoms with van der Waals surface area (Å²) < 4.78 is 12.3. The van der Waals surface area contributed by atoms with Crippen LogP contribution in [-0.4, -0.2) is 34.9 Å².